The van der Waals surface area contributed by atoms with Crippen LogP contribution in [0, 0.1) is 5.92 Å². The number of aliphatic hydroxyl groups is 1. The molecule has 1 N–H and O–H groups in total. The number of hydrogen-bond donors (Lipinski definition) is 1. The van der Waals surface area contributed by atoms with Crippen molar-refractivity contribution < 1.29 is 28.9 Å². The summed E-state index contributed by atoms with van der Waals surface area (Å²) in [4.78, 5) is 27.3. The Morgan fingerprint density at radius 2 is 1.58 bits per heavy atom. The largest absolute Gasteiger partial charge is 0.466 e. The molecule has 1 amide bonds. The molecule has 7 nitrogen and oxygen atoms in total. The number of rotatable bonds is 7. The highest BCUT2D eigenvalue weighted by Crippen LogP contribution is 2.41. The van der Waals surface area contributed by atoms with Gasteiger partial charge in [-0.2, -0.15) is 0 Å². The van der Waals surface area contributed by atoms with E-state index in [2.05, 4.69) is 0 Å². The van der Waals surface area contributed by atoms with Crippen LogP contribution in [0.4, 0.5) is 4.79 Å². The van der Waals surface area contributed by atoms with Gasteiger partial charge in [0, 0.05) is 0 Å². The van der Waals surface area contributed by atoms with E-state index in [0.29, 0.717) is 5.56 Å². The molecule has 0 aliphatic carbocycles. The van der Waals surface area contributed by atoms with Gasteiger partial charge in [0.05, 0.1) is 25.4 Å². The SMILES string of the molecule is CCOC(=O)[C@H](C1O[C@H](c2ccccc2)[C@H](C)N1C(=O)OCC)[C@@H](O)c1ccccc1. The van der Waals surface area contributed by atoms with Gasteiger partial charge in [0.15, 0.2) is 6.23 Å². The lowest BCUT2D eigenvalue weighted by Gasteiger charge is -2.32. The number of esters is 1. The van der Waals surface area contributed by atoms with Crippen LogP contribution in [0.2, 0.25) is 0 Å². The summed E-state index contributed by atoms with van der Waals surface area (Å²) in [6.45, 7) is 5.56. The van der Waals surface area contributed by atoms with Crippen LogP contribution in [0.1, 0.15) is 44.1 Å². The van der Waals surface area contributed by atoms with E-state index in [1.54, 1.807) is 38.1 Å². The van der Waals surface area contributed by atoms with Gasteiger partial charge in [-0.05, 0) is 31.9 Å². The third kappa shape index (κ3) is 4.89. The standard InChI is InChI=1S/C24H29NO6/c1-4-29-23(27)19(20(26)17-12-8-6-9-13-17)22-25(24(28)30-5-2)16(3)21(31-22)18-14-10-7-11-15-18/h6-16,19-22,26H,4-5H2,1-3H3/t16-,19-,20-,21-,22?/m0/s1. The maximum atomic E-state index is 13.0. The molecule has 1 aliphatic rings. The lowest BCUT2D eigenvalue weighted by molar-refractivity contribution is -0.165. The molecule has 0 saturated carbocycles. The lowest BCUT2D eigenvalue weighted by atomic mass is 9.93. The number of benzene rings is 2. The van der Waals surface area contributed by atoms with Crippen LogP contribution in [0.15, 0.2) is 60.7 Å². The van der Waals surface area contributed by atoms with Crippen molar-refractivity contribution in [1.82, 2.24) is 4.90 Å². The van der Waals surface area contributed by atoms with Crippen molar-refractivity contribution in [2.45, 2.75) is 45.2 Å². The molecule has 1 heterocycles. The average molecular weight is 427 g/mol. The van der Waals surface area contributed by atoms with Crippen LogP contribution >= 0.6 is 0 Å². The van der Waals surface area contributed by atoms with E-state index in [-0.39, 0.29) is 13.2 Å². The van der Waals surface area contributed by atoms with E-state index in [9.17, 15) is 14.7 Å². The molecule has 1 saturated heterocycles. The summed E-state index contributed by atoms with van der Waals surface area (Å²) in [5, 5.41) is 11.2. The number of nitrogens with zero attached hydrogens (tertiary/aromatic N) is 1. The molecule has 3 rings (SSSR count). The molecule has 0 radical (unpaired) electrons. The van der Waals surface area contributed by atoms with Gasteiger partial charge in [-0.3, -0.25) is 9.69 Å². The molecular weight excluding hydrogens is 398 g/mol. The molecule has 2 aromatic rings. The van der Waals surface area contributed by atoms with E-state index >= 15 is 0 Å². The monoisotopic (exact) mass is 427 g/mol. The van der Waals surface area contributed by atoms with Gasteiger partial charge in [0.25, 0.3) is 0 Å². The Labute approximate surface area is 182 Å². The fourth-order valence-corrected chi connectivity index (χ4v) is 3.93. The van der Waals surface area contributed by atoms with Crippen molar-refractivity contribution >= 4 is 12.1 Å². The second-order valence-corrected chi connectivity index (χ2v) is 7.34. The van der Waals surface area contributed by atoms with Gasteiger partial charge in [0.2, 0.25) is 0 Å². The fourth-order valence-electron chi connectivity index (χ4n) is 3.93. The first-order chi connectivity index (χ1) is 15.0. The molecule has 1 aliphatic heterocycles. The van der Waals surface area contributed by atoms with Crippen molar-refractivity contribution in [2.75, 3.05) is 13.2 Å². The van der Waals surface area contributed by atoms with Crippen LogP contribution in [-0.2, 0) is 19.0 Å². The fraction of sp³-hybridized carbons (Fsp3) is 0.417. The van der Waals surface area contributed by atoms with Crippen molar-refractivity contribution in [2.24, 2.45) is 5.92 Å². The second-order valence-electron chi connectivity index (χ2n) is 7.34. The van der Waals surface area contributed by atoms with Gasteiger partial charge >= 0.3 is 12.1 Å². The van der Waals surface area contributed by atoms with E-state index < -0.39 is 42.5 Å². The molecule has 1 fully saturated rings. The quantitative estimate of drug-likeness (QED) is 0.676. The molecule has 0 spiro atoms. The molecule has 0 aromatic heterocycles. The van der Waals surface area contributed by atoms with E-state index in [1.807, 2.05) is 43.3 Å². The summed E-state index contributed by atoms with van der Waals surface area (Å²) in [5.74, 6) is -1.79. The number of ether oxygens (including phenoxy) is 3. The summed E-state index contributed by atoms with van der Waals surface area (Å²) in [6.07, 6.45) is -3.39. The molecule has 31 heavy (non-hydrogen) atoms. The number of carbonyl (C=O) groups excluding carboxylic acids is 2. The minimum Gasteiger partial charge on any atom is -0.466 e. The van der Waals surface area contributed by atoms with Crippen molar-refractivity contribution in [1.29, 1.82) is 0 Å². The molecular formula is C24H29NO6. The molecule has 5 atom stereocenters. The highest BCUT2D eigenvalue weighted by molar-refractivity contribution is 5.76. The third-order valence-electron chi connectivity index (χ3n) is 5.39. The number of carbonyl (C=O) groups is 2. The van der Waals surface area contributed by atoms with Gasteiger partial charge in [-0.15, -0.1) is 0 Å². The van der Waals surface area contributed by atoms with Crippen LogP contribution < -0.4 is 0 Å². The first-order valence-corrected chi connectivity index (χ1v) is 10.5. The third-order valence-corrected chi connectivity index (χ3v) is 5.39. The van der Waals surface area contributed by atoms with Crippen molar-refractivity contribution in [3.05, 3.63) is 71.8 Å². The topological polar surface area (TPSA) is 85.3 Å². The lowest BCUT2D eigenvalue weighted by Crippen LogP contribution is -2.49. The summed E-state index contributed by atoms with van der Waals surface area (Å²) < 4.78 is 16.8. The maximum Gasteiger partial charge on any atom is 0.412 e. The zero-order valence-electron chi connectivity index (χ0n) is 18.0. The normalized spacial score (nSPS) is 22.6. The van der Waals surface area contributed by atoms with Gasteiger partial charge in [-0.1, -0.05) is 60.7 Å². The average Bonchev–Trinajstić information content (AvgIpc) is 3.12. The van der Waals surface area contributed by atoms with E-state index in [0.717, 1.165) is 5.56 Å². The van der Waals surface area contributed by atoms with Crippen LogP contribution in [0.5, 0.6) is 0 Å². The second kappa shape index (κ2) is 10.4. The molecule has 1 unspecified atom stereocenters. The Balaban J connectivity index is 2.02. The zero-order valence-corrected chi connectivity index (χ0v) is 18.0. The molecule has 166 valence electrons. The summed E-state index contributed by atoms with van der Waals surface area (Å²) in [5.41, 5.74) is 1.40. The van der Waals surface area contributed by atoms with Crippen LogP contribution in [0.3, 0.4) is 0 Å². The molecule has 7 heteroatoms. The summed E-state index contributed by atoms with van der Waals surface area (Å²) in [6, 6.07) is 17.8. The van der Waals surface area contributed by atoms with E-state index in [4.69, 9.17) is 14.2 Å². The summed E-state index contributed by atoms with van der Waals surface area (Å²) >= 11 is 0. The summed E-state index contributed by atoms with van der Waals surface area (Å²) in [7, 11) is 0. The zero-order chi connectivity index (χ0) is 22.4. The smallest absolute Gasteiger partial charge is 0.412 e. The Hall–Kier alpha value is -2.90. The predicted molar refractivity (Wildman–Crippen MR) is 114 cm³/mol. The first-order valence-electron chi connectivity index (χ1n) is 10.5. The van der Waals surface area contributed by atoms with Gasteiger partial charge in [0.1, 0.15) is 12.0 Å². The predicted octanol–water partition coefficient (Wildman–Crippen LogP) is 3.84. The minimum atomic E-state index is -1.23. The van der Waals surface area contributed by atoms with Crippen LogP contribution in [-0.4, -0.2) is 47.6 Å². The highest BCUT2D eigenvalue weighted by Gasteiger charge is 2.52. The first kappa shape index (κ1) is 22.8. The maximum absolute atomic E-state index is 13.0. The van der Waals surface area contributed by atoms with Gasteiger partial charge in [-0.25, -0.2) is 4.79 Å². The highest BCUT2D eigenvalue weighted by atomic mass is 16.6. The van der Waals surface area contributed by atoms with Crippen molar-refractivity contribution in [3.63, 3.8) is 0 Å². The Morgan fingerprint density at radius 3 is 2.16 bits per heavy atom. The van der Waals surface area contributed by atoms with Crippen LogP contribution in [0.25, 0.3) is 0 Å². The Kier molecular flexibility index (Phi) is 7.65. The molecule has 0 bridgehead atoms. The van der Waals surface area contributed by atoms with Crippen molar-refractivity contribution in [3.8, 4) is 0 Å². The Bertz CT molecular complexity index is 859. The van der Waals surface area contributed by atoms with E-state index in [1.165, 1.54) is 4.90 Å². The molecule has 2 aromatic carbocycles. The number of amides is 1. The number of hydrogen-bond acceptors (Lipinski definition) is 6. The number of aliphatic hydroxyl groups excluding tert-OH is 1. The van der Waals surface area contributed by atoms with Gasteiger partial charge < -0.3 is 19.3 Å². The minimum absolute atomic E-state index is 0.140. The Morgan fingerprint density at radius 1 is 1.00 bits per heavy atom.